The molecule has 0 aliphatic rings. The summed E-state index contributed by atoms with van der Waals surface area (Å²) >= 11 is 1.72. The van der Waals surface area contributed by atoms with Crippen molar-refractivity contribution >= 4 is 11.8 Å². The molecule has 80 valence electrons. The molecule has 1 aromatic rings. The van der Waals surface area contributed by atoms with E-state index in [1.165, 1.54) is 16.0 Å². The van der Waals surface area contributed by atoms with Crippen molar-refractivity contribution in [2.24, 2.45) is 0 Å². The van der Waals surface area contributed by atoms with Gasteiger partial charge in [-0.15, -0.1) is 11.8 Å². The minimum Gasteiger partial charge on any atom is -0.495 e. The minimum atomic E-state index is 1.02. The fraction of sp³-hybridized carbons (Fsp3) is 0.500. The molecular weight excluding hydrogens is 192 g/mol. The van der Waals surface area contributed by atoms with E-state index in [1.54, 1.807) is 18.9 Å². The quantitative estimate of drug-likeness (QED) is 0.684. The van der Waals surface area contributed by atoms with Crippen LogP contribution >= 0.6 is 11.8 Å². The third-order valence-corrected chi connectivity index (χ3v) is 2.83. The predicted octanol–water partition coefficient (Wildman–Crippen LogP) is 4.06. The highest BCUT2D eigenvalue weighted by atomic mass is 32.2. The summed E-state index contributed by atoms with van der Waals surface area (Å²) in [6.07, 6.45) is 2.06. The van der Waals surface area contributed by atoms with E-state index in [0.29, 0.717) is 0 Å². The first-order chi connectivity index (χ1) is 6.70. The van der Waals surface area contributed by atoms with Gasteiger partial charge in [-0.3, -0.25) is 0 Å². The van der Waals surface area contributed by atoms with Crippen molar-refractivity contribution in [1.82, 2.24) is 0 Å². The Morgan fingerprint density at radius 3 is 2.14 bits per heavy atom. The first-order valence-electron chi connectivity index (χ1n) is 4.89. The normalized spacial score (nSPS) is 9.00. The average Bonchev–Trinajstić information content (AvgIpc) is 2.24. The summed E-state index contributed by atoms with van der Waals surface area (Å²) < 4.78 is 5.33. The van der Waals surface area contributed by atoms with Crippen LogP contribution in [0.4, 0.5) is 0 Å². The van der Waals surface area contributed by atoms with Crippen LogP contribution < -0.4 is 4.74 Å². The van der Waals surface area contributed by atoms with Gasteiger partial charge in [0.1, 0.15) is 5.75 Å². The van der Waals surface area contributed by atoms with Crippen LogP contribution in [0.3, 0.4) is 0 Å². The van der Waals surface area contributed by atoms with E-state index in [1.807, 2.05) is 13.8 Å². The molecule has 1 rings (SSSR count). The Balaban J connectivity index is 0.000000791. The number of hydrogen-bond acceptors (Lipinski definition) is 2. The fourth-order valence-corrected chi connectivity index (χ4v) is 1.81. The molecule has 0 heterocycles. The number of benzene rings is 1. The van der Waals surface area contributed by atoms with E-state index in [9.17, 15) is 0 Å². The van der Waals surface area contributed by atoms with Gasteiger partial charge in [-0.25, -0.2) is 0 Å². The molecule has 0 saturated heterocycles. The van der Waals surface area contributed by atoms with Gasteiger partial charge in [0.15, 0.2) is 0 Å². The number of methoxy groups -OCH3 is 1. The van der Waals surface area contributed by atoms with Gasteiger partial charge < -0.3 is 4.74 Å². The Bertz CT molecular complexity index is 282. The fourth-order valence-electron chi connectivity index (χ4n) is 1.18. The average molecular weight is 212 g/mol. The Kier molecular flexibility index (Phi) is 6.46. The summed E-state index contributed by atoms with van der Waals surface area (Å²) in [7, 11) is 1.72. The molecule has 0 N–H and O–H groups in total. The lowest BCUT2D eigenvalue weighted by Crippen LogP contribution is -1.91. The second kappa shape index (κ2) is 6.77. The molecule has 0 aliphatic carbocycles. The number of ether oxygens (including phenoxy) is 1. The summed E-state index contributed by atoms with van der Waals surface area (Å²) in [4.78, 5) is 1.21. The monoisotopic (exact) mass is 212 g/mol. The van der Waals surface area contributed by atoms with Crippen LogP contribution in [-0.2, 0) is 0 Å². The third-order valence-electron chi connectivity index (χ3n) is 2.06. The highest BCUT2D eigenvalue weighted by Crippen LogP contribution is 2.32. The van der Waals surface area contributed by atoms with Crippen molar-refractivity contribution in [2.45, 2.75) is 32.6 Å². The van der Waals surface area contributed by atoms with Crippen LogP contribution in [0, 0.1) is 13.8 Å². The Labute approximate surface area is 91.9 Å². The van der Waals surface area contributed by atoms with E-state index in [0.717, 1.165) is 5.75 Å². The molecule has 0 radical (unpaired) electrons. The summed E-state index contributed by atoms with van der Waals surface area (Å²) in [5.41, 5.74) is 2.52. The number of aryl methyl sites for hydroxylation is 1. The second-order valence-corrected chi connectivity index (χ2v) is 3.59. The van der Waals surface area contributed by atoms with E-state index >= 15 is 0 Å². The van der Waals surface area contributed by atoms with Crippen molar-refractivity contribution in [1.29, 1.82) is 0 Å². The lowest BCUT2D eigenvalue weighted by Gasteiger charge is -2.11. The molecule has 2 heteroatoms. The van der Waals surface area contributed by atoms with Gasteiger partial charge in [0, 0.05) is 4.90 Å². The molecule has 14 heavy (non-hydrogen) atoms. The van der Waals surface area contributed by atoms with Crippen molar-refractivity contribution in [3.63, 3.8) is 0 Å². The van der Waals surface area contributed by atoms with Crippen molar-refractivity contribution in [3.05, 3.63) is 23.3 Å². The number of thioether (sulfide) groups is 1. The Morgan fingerprint density at radius 2 is 1.71 bits per heavy atom. The van der Waals surface area contributed by atoms with Crippen LogP contribution in [0.2, 0.25) is 0 Å². The highest BCUT2D eigenvalue weighted by molar-refractivity contribution is 7.98. The molecule has 0 aromatic heterocycles. The van der Waals surface area contributed by atoms with Gasteiger partial charge in [-0.05, 0) is 37.3 Å². The van der Waals surface area contributed by atoms with Crippen LogP contribution in [-0.4, -0.2) is 13.4 Å². The minimum absolute atomic E-state index is 1.02. The topological polar surface area (TPSA) is 9.23 Å². The zero-order chi connectivity index (χ0) is 11.1. The first kappa shape index (κ1) is 13.4. The molecule has 0 saturated carbocycles. The van der Waals surface area contributed by atoms with Crippen LogP contribution in [0.5, 0.6) is 5.75 Å². The molecule has 0 atom stereocenters. The van der Waals surface area contributed by atoms with Gasteiger partial charge in [0.2, 0.25) is 0 Å². The molecule has 1 nitrogen and oxygen atoms in total. The number of hydrogen-bond donors (Lipinski definition) is 0. The maximum atomic E-state index is 5.33. The number of rotatable bonds is 2. The first-order valence-corrected chi connectivity index (χ1v) is 6.11. The van der Waals surface area contributed by atoms with Crippen LogP contribution in [0.25, 0.3) is 0 Å². The Morgan fingerprint density at radius 1 is 1.14 bits per heavy atom. The summed E-state index contributed by atoms with van der Waals surface area (Å²) in [5.74, 6) is 1.02. The van der Waals surface area contributed by atoms with E-state index in [4.69, 9.17) is 4.74 Å². The van der Waals surface area contributed by atoms with Gasteiger partial charge in [-0.1, -0.05) is 19.9 Å². The highest BCUT2D eigenvalue weighted by Gasteiger charge is 2.06. The van der Waals surface area contributed by atoms with Crippen LogP contribution in [0.15, 0.2) is 17.0 Å². The predicted molar refractivity (Wildman–Crippen MR) is 65.6 cm³/mol. The standard InChI is InChI=1S/C10H14OS.C2H6/c1-7-5-6-9(12-4)10(11-3)8(7)2;1-2/h5-6H,1-4H3;1-2H3. The summed E-state index contributed by atoms with van der Waals surface area (Å²) in [6.45, 7) is 8.19. The Hall–Kier alpha value is -0.630. The van der Waals surface area contributed by atoms with Crippen molar-refractivity contribution in [2.75, 3.05) is 13.4 Å². The molecule has 1 aromatic carbocycles. The van der Waals surface area contributed by atoms with E-state index < -0.39 is 0 Å². The molecule has 0 bridgehead atoms. The van der Waals surface area contributed by atoms with E-state index in [-0.39, 0.29) is 0 Å². The maximum Gasteiger partial charge on any atom is 0.135 e. The van der Waals surface area contributed by atoms with Crippen molar-refractivity contribution in [3.8, 4) is 5.75 Å². The molecule has 0 amide bonds. The zero-order valence-electron chi connectivity index (χ0n) is 9.97. The van der Waals surface area contributed by atoms with E-state index in [2.05, 4.69) is 32.2 Å². The zero-order valence-corrected chi connectivity index (χ0v) is 10.8. The van der Waals surface area contributed by atoms with Crippen molar-refractivity contribution < 1.29 is 4.74 Å². The smallest absolute Gasteiger partial charge is 0.135 e. The largest absolute Gasteiger partial charge is 0.495 e. The second-order valence-electron chi connectivity index (χ2n) is 2.74. The molecule has 0 aliphatic heterocycles. The van der Waals surface area contributed by atoms with Gasteiger partial charge >= 0.3 is 0 Å². The summed E-state index contributed by atoms with van der Waals surface area (Å²) in [6, 6.07) is 4.23. The van der Waals surface area contributed by atoms with Gasteiger partial charge in [0.25, 0.3) is 0 Å². The molecule has 0 unspecified atom stereocenters. The van der Waals surface area contributed by atoms with Gasteiger partial charge in [-0.2, -0.15) is 0 Å². The van der Waals surface area contributed by atoms with Gasteiger partial charge in [0.05, 0.1) is 7.11 Å². The lowest BCUT2D eigenvalue weighted by atomic mass is 10.1. The SMILES string of the molecule is CC.COc1c(SC)ccc(C)c1C. The molecule has 0 fully saturated rings. The summed E-state index contributed by atoms with van der Waals surface area (Å²) in [5, 5.41) is 0. The third kappa shape index (κ3) is 2.95. The lowest BCUT2D eigenvalue weighted by molar-refractivity contribution is 0.401. The molecule has 0 spiro atoms. The molecular formula is C12H20OS. The maximum absolute atomic E-state index is 5.33. The van der Waals surface area contributed by atoms with Crippen LogP contribution in [0.1, 0.15) is 25.0 Å².